The van der Waals surface area contributed by atoms with Crippen molar-refractivity contribution >= 4 is 11.5 Å². The number of para-hydroxylation sites is 1. The molecule has 29 heavy (non-hydrogen) atoms. The number of rotatable bonds is 8. The monoisotopic (exact) mass is 393 g/mol. The van der Waals surface area contributed by atoms with E-state index in [4.69, 9.17) is 9.57 Å². The molecular weight excluding hydrogens is 366 g/mol. The van der Waals surface area contributed by atoms with E-state index in [-0.39, 0.29) is 17.5 Å². The van der Waals surface area contributed by atoms with Gasteiger partial charge in [0.2, 0.25) is 0 Å². The van der Waals surface area contributed by atoms with Crippen LogP contribution < -0.4 is 4.74 Å². The van der Waals surface area contributed by atoms with Crippen molar-refractivity contribution in [1.82, 2.24) is 0 Å². The number of aliphatic hydroxyl groups is 1. The molecule has 0 aliphatic heterocycles. The molecule has 0 fully saturated rings. The lowest BCUT2D eigenvalue weighted by Crippen LogP contribution is -2.24. The summed E-state index contributed by atoms with van der Waals surface area (Å²) in [4.78, 5) is 17.9. The molecule has 0 saturated heterocycles. The first kappa shape index (κ1) is 20.6. The van der Waals surface area contributed by atoms with E-state index in [0.717, 1.165) is 23.5 Å². The maximum atomic E-state index is 12.8. The Morgan fingerprint density at radius 2 is 1.72 bits per heavy atom. The highest BCUT2D eigenvalue weighted by atomic mass is 16.6. The summed E-state index contributed by atoms with van der Waals surface area (Å²) in [6, 6.07) is 17.3. The fraction of sp³-hybridized carbons (Fsp3) is 0.333. The smallest absolute Gasteiger partial charge is 0.168 e. The van der Waals surface area contributed by atoms with Crippen molar-refractivity contribution < 1.29 is 19.5 Å². The summed E-state index contributed by atoms with van der Waals surface area (Å²) in [5.74, 6) is 1.46. The van der Waals surface area contributed by atoms with Gasteiger partial charge in [0.05, 0.1) is 11.3 Å². The second kappa shape index (κ2) is 9.92. The minimum absolute atomic E-state index is 0.0630. The van der Waals surface area contributed by atoms with E-state index < -0.39 is 0 Å². The number of carbonyl (C=O) groups excluding carboxylic acids is 1. The zero-order valence-corrected chi connectivity index (χ0v) is 16.9. The maximum absolute atomic E-state index is 12.8. The minimum atomic E-state index is -0.0877. The van der Waals surface area contributed by atoms with Crippen LogP contribution in [0.25, 0.3) is 0 Å². The van der Waals surface area contributed by atoms with Crippen LogP contribution in [0.4, 0.5) is 0 Å². The van der Waals surface area contributed by atoms with Crippen LogP contribution in [0.5, 0.6) is 11.5 Å². The van der Waals surface area contributed by atoms with Crippen molar-refractivity contribution in [1.29, 1.82) is 0 Å². The van der Waals surface area contributed by atoms with Crippen molar-refractivity contribution in [2.24, 2.45) is 5.16 Å². The number of nitrogens with zero attached hydrogens (tertiary/aromatic N) is 1. The Morgan fingerprint density at radius 3 is 2.34 bits per heavy atom. The zero-order chi connectivity index (χ0) is 20.6. The maximum Gasteiger partial charge on any atom is 0.168 e. The highest BCUT2D eigenvalue weighted by Crippen LogP contribution is 2.35. The first-order valence-electron chi connectivity index (χ1n) is 10.1. The number of ether oxygens (including phenoxy) is 1. The SMILES string of the molecule is CCC/C(=N\OCC)C1=C(O)CC(c2ccc(Oc3ccccc3)cc2)CC1=O. The van der Waals surface area contributed by atoms with Gasteiger partial charge in [-0.1, -0.05) is 48.8 Å². The first-order chi connectivity index (χ1) is 14.1. The number of aliphatic hydroxyl groups excluding tert-OH is 1. The molecular formula is C24H27NO4. The van der Waals surface area contributed by atoms with Gasteiger partial charge in [-0.15, -0.1) is 0 Å². The van der Waals surface area contributed by atoms with Crippen LogP contribution >= 0.6 is 0 Å². The normalized spacial score (nSPS) is 17.4. The van der Waals surface area contributed by atoms with Crippen molar-refractivity contribution in [2.45, 2.75) is 45.4 Å². The Kier molecular flexibility index (Phi) is 7.06. The molecule has 5 nitrogen and oxygen atoms in total. The van der Waals surface area contributed by atoms with E-state index in [2.05, 4.69) is 5.16 Å². The second-order valence-corrected chi connectivity index (χ2v) is 7.04. The van der Waals surface area contributed by atoms with Crippen LogP contribution in [0.2, 0.25) is 0 Å². The van der Waals surface area contributed by atoms with Gasteiger partial charge in [-0.2, -0.15) is 0 Å². The molecule has 0 saturated carbocycles. The van der Waals surface area contributed by atoms with Crippen molar-refractivity contribution in [2.75, 3.05) is 6.61 Å². The summed E-state index contributed by atoms with van der Waals surface area (Å²) >= 11 is 0. The molecule has 0 aromatic heterocycles. The Labute approximate surface area is 171 Å². The number of oxime groups is 1. The van der Waals surface area contributed by atoms with Gasteiger partial charge in [0.25, 0.3) is 0 Å². The van der Waals surface area contributed by atoms with Gasteiger partial charge < -0.3 is 14.7 Å². The van der Waals surface area contributed by atoms with E-state index in [0.29, 0.717) is 37.2 Å². The van der Waals surface area contributed by atoms with Crippen LogP contribution in [0, 0.1) is 0 Å². The van der Waals surface area contributed by atoms with E-state index >= 15 is 0 Å². The number of ketones is 1. The van der Waals surface area contributed by atoms with Crippen LogP contribution in [0.3, 0.4) is 0 Å². The van der Waals surface area contributed by atoms with Gasteiger partial charge in [0.15, 0.2) is 5.78 Å². The summed E-state index contributed by atoms with van der Waals surface area (Å²) in [6.07, 6.45) is 2.17. The number of hydrogen-bond donors (Lipinski definition) is 1. The number of allylic oxidation sites excluding steroid dienone is 2. The molecule has 152 valence electrons. The van der Waals surface area contributed by atoms with E-state index in [9.17, 15) is 9.90 Å². The molecule has 2 aromatic carbocycles. The Morgan fingerprint density at radius 1 is 1.03 bits per heavy atom. The highest BCUT2D eigenvalue weighted by Gasteiger charge is 2.31. The largest absolute Gasteiger partial charge is 0.511 e. The molecule has 0 spiro atoms. The van der Waals surface area contributed by atoms with Gasteiger partial charge >= 0.3 is 0 Å². The summed E-state index contributed by atoms with van der Waals surface area (Å²) in [6.45, 7) is 4.27. The first-order valence-corrected chi connectivity index (χ1v) is 10.1. The fourth-order valence-corrected chi connectivity index (χ4v) is 3.49. The summed E-state index contributed by atoms with van der Waals surface area (Å²) in [7, 11) is 0. The average Bonchev–Trinajstić information content (AvgIpc) is 2.72. The molecule has 1 aliphatic rings. The quantitative estimate of drug-likeness (QED) is 0.446. The molecule has 1 atom stereocenters. The van der Waals surface area contributed by atoms with Crippen LogP contribution in [-0.2, 0) is 9.63 Å². The molecule has 0 heterocycles. The molecule has 1 unspecified atom stereocenters. The van der Waals surface area contributed by atoms with E-state index in [1.807, 2.05) is 68.4 Å². The zero-order valence-electron chi connectivity index (χ0n) is 16.9. The standard InChI is InChI=1S/C24H27NO4/c1-3-8-21(25-28-4-2)24-22(26)15-18(16-23(24)27)17-11-13-20(14-12-17)29-19-9-6-5-7-10-19/h5-7,9-14,18,26H,3-4,8,15-16H2,1-2H3/b25-21+. The topological polar surface area (TPSA) is 68.1 Å². The highest BCUT2D eigenvalue weighted by molar-refractivity contribution is 6.23. The lowest BCUT2D eigenvalue weighted by molar-refractivity contribution is -0.116. The second-order valence-electron chi connectivity index (χ2n) is 7.04. The average molecular weight is 393 g/mol. The number of benzene rings is 2. The van der Waals surface area contributed by atoms with Gasteiger partial charge in [0, 0.05) is 12.8 Å². The fourth-order valence-electron chi connectivity index (χ4n) is 3.49. The third-order valence-corrected chi connectivity index (χ3v) is 4.85. The predicted octanol–water partition coefficient (Wildman–Crippen LogP) is 5.93. The third kappa shape index (κ3) is 5.25. The summed E-state index contributed by atoms with van der Waals surface area (Å²) < 4.78 is 5.82. The number of hydrogen-bond acceptors (Lipinski definition) is 5. The molecule has 1 N–H and O–H groups in total. The molecule has 0 radical (unpaired) electrons. The van der Waals surface area contributed by atoms with Crippen LogP contribution in [-0.4, -0.2) is 23.2 Å². The lowest BCUT2D eigenvalue weighted by atomic mass is 9.81. The van der Waals surface area contributed by atoms with Crippen LogP contribution in [0.15, 0.2) is 71.1 Å². The summed E-state index contributed by atoms with van der Waals surface area (Å²) in [5.41, 5.74) is 1.88. The Hall–Kier alpha value is -3.08. The van der Waals surface area contributed by atoms with Crippen LogP contribution in [0.1, 0.15) is 51.0 Å². The van der Waals surface area contributed by atoms with E-state index in [1.165, 1.54) is 0 Å². The minimum Gasteiger partial charge on any atom is -0.511 e. The Bertz CT molecular complexity index is 885. The predicted molar refractivity (Wildman–Crippen MR) is 114 cm³/mol. The molecule has 2 aromatic rings. The molecule has 5 heteroatoms. The number of Topliss-reactive ketones (excluding diaryl/α,β-unsaturated/α-hetero) is 1. The van der Waals surface area contributed by atoms with Crippen molar-refractivity contribution in [3.05, 3.63) is 71.5 Å². The van der Waals surface area contributed by atoms with Gasteiger partial charge in [-0.05, 0) is 49.1 Å². The molecule has 1 aliphatic carbocycles. The van der Waals surface area contributed by atoms with E-state index in [1.54, 1.807) is 0 Å². The third-order valence-electron chi connectivity index (χ3n) is 4.85. The lowest BCUT2D eigenvalue weighted by Gasteiger charge is -2.24. The molecule has 0 bridgehead atoms. The Balaban J connectivity index is 1.75. The van der Waals surface area contributed by atoms with Gasteiger partial charge in [-0.25, -0.2) is 0 Å². The number of carbonyl (C=O) groups is 1. The van der Waals surface area contributed by atoms with Gasteiger partial charge in [0.1, 0.15) is 23.9 Å². The van der Waals surface area contributed by atoms with Gasteiger partial charge in [-0.3, -0.25) is 4.79 Å². The molecule has 3 rings (SSSR count). The van der Waals surface area contributed by atoms with Crippen molar-refractivity contribution in [3.8, 4) is 11.5 Å². The summed E-state index contributed by atoms with van der Waals surface area (Å²) in [5, 5.41) is 14.7. The van der Waals surface area contributed by atoms with Crippen molar-refractivity contribution in [3.63, 3.8) is 0 Å². The molecule has 0 amide bonds.